The van der Waals surface area contributed by atoms with Crippen LogP contribution in [0.25, 0.3) is 27.7 Å². The molecule has 4 fully saturated rings. The number of aryl methyl sites for hydroxylation is 1. The van der Waals surface area contributed by atoms with Crippen molar-refractivity contribution in [1.82, 2.24) is 25.2 Å². The van der Waals surface area contributed by atoms with Gasteiger partial charge in [-0.1, -0.05) is 6.58 Å². The van der Waals surface area contributed by atoms with Crippen molar-refractivity contribution in [3.05, 3.63) is 52.4 Å². The van der Waals surface area contributed by atoms with Crippen molar-refractivity contribution in [2.24, 2.45) is 0 Å². The maximum atomic E-state index is 17.1. The van der Waals surface area contributed by atoms with Crippen molar-refractivity contribution in [2.45, 2.75) is 82.2 Å². The van der Waals surface area contributed by atoms with Crippen LogP contribution in [0.15, 0.2) is 24.3 Å². The molecule has 3 N–H and O–H groups in total. The Labute approximate surface area is 273 Å². The van der Waals surface area contributed by atoms with Crippen LogP contribution in [0.3, 0.4) is 0 Å². The third kappa shape index (κ3) is 4.69. The minimum atomic E-state index is -4.85. The Morgan fingerprint density at radius 3 is 2.71 bits per heavy atom. The summed E-state index contributed by atoms with van der Waals surface area (Å²) in [6, 6.07) is 1.14. The number of benzene rings is 1. The van der Waals surface area contributed by atoms with Gasteiger partial charge in [0.15, 0.2) is 5.82 Å². The molecule has 0 saturated carbocycles. The third-order valence-corrected chi connectivity index (χ3v) is 11.1. The maximum absolute atomic E-state index is 17.1. The highest BCUT2D eigenvalue weighted by atomic mass is 19.4. The quantitative estimate of drug-likeness (QED) is 0.302. The molecular formula is C34H35F6N7O. The first-order chi connectivity index (χ1) is 22.8. The molecule has 48 heavy (non-hydrogen) atoms. The third-order valence-electron chi connectivity index (χ3n) is 11.1. The number of anilines is 2. The summed E-state index contributed by atoms with van der Waals surface area (Å²) >= 11 is 0. The fourth-order valence-corrected chi connectivity index (χ4v) is 9.05. The lowest BCUT2D eigenvalue weighted by atomic mass is 9.87. The van der Waals surface area contributed by atoms with Gasteiger partial charge < -0.3 is 20.7 Å². The van der Waals surface area contributed by atoms with Crippen LogP contribution < -0.4 is 20.7 Å². The standard InChI is InChI=1S/C34H35F6N7O/c1-15-9-21-20-6-5-19(42-20)13-47(21)31-25-23(15)17(3)24(28-26(34(38,39)40)16(2)10-22(41)43-28)27(35)29(25)44-32(45-31)48-14-33-7-4-8-46(33)12-18(11-33)30(36)37/h10,19-21,42H,1,4-9,11-14H2,2-3H3,(H2,41,43)/t19-,20+,21-,33+/m1/s1. The van der Waals surface area contributed by atoms with E-state index in [1.807, 2.05) is 4.90 Å². The number of hydrogen-bond donors (Lipinski definition) is 2. The van der Waals surface area contributed by atoms with E-state index in [9.17, 15) is 22.0 Å². The van der Waals surface area contributed by atoms with Gasteiger partial charge in [-0.05, 0) is 87.2 Å². The highest BCUT2D eigenvalue weighted by molar-refractivity contribution is 6.05. The number of hydrogen-bond acceptors (Lipinski definition) is 8. The van der Waals surface area contributed by atoms with E-state index < -0.39 is 34.9 Å². The predicted octanol–water partition coefficient (Wildman–Crippen LogP) is 6.54. The summed E-state index contributed by atoms with van der Waals surface area (Å²) in [6.45, 7) is 8.59. The van der Waals surface area contributed by atoms with Gasteiger partial charge in [0.05, 0.1) is 22.2 Å². The number of pyridine rings is 1. The molecule has 7 heterocycles. The first kappa shape index (κ1) is 31.4. The summed E-state index contributed by atoms with van der Waals surface area (Å²) < 4.78 is 94.3. The Hall–Kier alpha value is -3.91. The molecule has 8 nitrogen and oxygen atoms in total. The average Bonchev–Trinajstić information content (AvgIpc) is 3.67. The van der Waals surface area contributed by atoms with Crippen molar-refractivity contribution in [3.8, 4) is 17.3 Å². The van der Waals surface area contributed by atoms with Crippen LogP contribution in [0, 0.1) is 19.7 Å². The lowest BCUT2D eigenvalue weighted by molar-refractivity contribution is -0.137. The maximum Gasteiger partial charge on any atom is 0.418 e. The van der Waals surface area contributed by atoms with E-state index in [-0.39, 0.29) is 77.3 Å². The van der Waals surface area contributed by atoms with Crippen molar-refractivity contribution in [2.75, 3.05) is 36.9 Å². The molecule has 8 rings (SSSR count). The Morgan fingerprint density at radius 2 is 1.96 bits per heavy atom. The number of halogens is 6. The number of rotatable bonds is 4. The summed E-state index contributed by atoms with van der Waals surface area (Å²) in [7, 11) is 0. The van der Waals surface area contributed by atoms with E-state index >= 15 is 4.39 Å². The summed E-state index contributed by atoms with van der Waals surface area (Å²) in [5.41, 5.74) is 4.24. The molecule has 2 bridgehead atoms. The van der Waals surface area contributed by atoms with E-state index in [1.54, 1.807) is 6.92 Å². The first-order valence-corrected chi connectivity index (χ1v) is 16.3. The number of nitrogen functional groups attached to an aromatic ring is 1. The van der Waals surface area contributed by atoms with Crippen LogP contribution in [-0.4, -0.2) is 69.8 Å². The van der Waals surface area contributed by atoms with Crippen LogP contribution in [-0.2, 0) is 6.18 Å². The van der Waals surface area contributed by atoms with Gasteiger partial charge in [-0.25, -0.2) is 9.37 Å². The van der Waals surface area contributed by atoms with Gasteiger partial charge in [0.25, 0.3) is 6.08 Å². The largest absolute Gasteiger partial charge is 0.461 e. The van der Waals surface area contributed by atoms with Gasteiger partial charge in [0.1, 0.15) is 23.8 Å². The highest BCUT2D eigenvalue weighted by Gasteiger charge is 2.49. The monoisotopic (exact) mass is 671 g/mol. The minimum Gasteiger partial charge on any atom is -0.461 e. The second-order valence-corrected chi connectivity index (χ2v) is 14.0. The molecule has 0 radical (unpaired) electrons. The molecule has 4 atom stereocenters. The SMILES string of the molecule is C=C1C[C@@H]2[C@@H]3CC[C@H](CN2c2nc(OC[C@@]45CCCN4CC(=C(F)F)C5)nc4c(F)c(-c5nc(N)cc(C)c5C(F)(F)F)c(C)c1c24)N3. The molecule has 4 saturated heterocycles. The lowest BCUT2D eigenvalue weighted by Gasteiger charge is -2.41. The number of fused-ring (bicyclic) bond motifs is 6. The molecule has 3 aromatic rings. The summed E-state index contributed by atoms with van der Waals surface area (Å²) in [5.74, 6) is -0.755. The van der Waals surface area contributed by atoms with E-state index in [2.05, 4.69) is 26.8 Å². The van der Waals surface area contributed by atoms with Gasteiger partial charge in [-0.2, -0.15) is 31.9 Å². The van der Waals surface area contributed by atoms with Crippen molar-refractivity contribution >= 4 is 28.1 Å². The summed E-state index contributed by atoms with van der Waals surface area (Å²) in [4.78, 5) is 17.6. The number of ether oxygens (including phenoxy) is 1. The smallest absolute Gasteiger partial charge is 0.418 e. The minimum absolute atomic E-state index is 0.000938. The number of nitrogens with two attached hydrogens (primary N) is 1. The van der Waals surface area contributed by atoms with Crippen LogP contribution in [0.4, 0.5) is 38.0 Å². The Bertz CT molecular complexity index is 1920. The van der Waals surface area contributed by atoms with Gasteiger partial charge in [-0.3, -0.25) is 4.90 Å². The van der Waals surface area contributed by atoms with Crippen molar-refractivity contribution in [1.29, 1.82) is 0 Å². The number of nitrogens with zero attached hydrogens (tertiary/aromatic N) is 5. The molecule has 5 aliphatic heterocycles. The molecule has 0 unspecified atom stereocenters. The van der Waals surface area contributed by atoms with E-state index in [4.69, 9.17) is 15.5 Å². The summed E-state index contributed by atoms with van der Waals surface area (Å²) in [6.07, 6.45) is -2.60. The zero-order valence-electron chi connectivity index (χ0n) is 26.6. The van der Waals surface area contributed by atoms with Crippen LogP contribution >= 0.6 is 0 Å². The van der Waals surface area contributed by atoms with E-state index in [1.165, 1.54) is 6.92 Å². The highest BCUT2D eigenvalue weighted by Crippen LogP contribution is 2.50. The average molecular weight is 672 g/mol. The zero-order valence-corrected chi connectivity index (χ0v) is 26.6. The predicted molar refractivity (Wildman–Crippen MR) is 169 cm³/mol. The molecule has 5 aliphatic rings. The fraction of sp³-hybridized carbons (Fsp3) is 0.500. The summed E-state index contributed by atoms with van der Waals surface area (Å²) in [5, 5.41) is 4.02. The van der Waals surface area contributed by atoms with E-state index in [0.29, 0.717) is 48.3 Å². The molecule has 254 valence electrons. The van der Waals surface area contributed by atoms with Crippen molar-refractivity contribution < 1.29 is 31.1 Å². The van der Waals surface area contributed by atoms with Crippen molar-refractivity contribution in [3.63, 3.8) is 0 Å². The van der Waals surface area contributed by atoms with Gasteiger partial charge in [0.2, 0.25) is 0 Å². The molecule has 14 heteroatoms. The Balaban J connectivity index is 1.35. The second-order valence-electron chi connectivity index (χ2n) is 14.0. The zero-order chi connectivity index (χ0) is 33.9. The Kier molecular flexibility index (Phi) is 7.05. The molecular weight excluding hydrogens is 636 g/mol. The van der Waals surface area contributed by atoms with Gasteiger partial charge >= 0.3 is 12.2 Å². The number of alkyl halides is 3. The molecule has 1 aromatic carbocycles. The van der Waals surface area contributed by atoms with Gasteiger partial charge in [-0.15, -0.1) is 0 Å². The Morgan fingerprint density at radius 1 is 1.17 bits per heavy atom. The molecule has 2 aromatic heterocycles. The molecule has 0 amide bonds. The topological polar surface area (TPSA) is 92.4 Å². The van der Waals surface area contributed by atoms with Crippen LogP contribution in [0.2, 0.25) is 0 Å². The van der Waals surface area contributed by atoms with Crippen LogP contribution in [0.5, 0.6) is 6.01 Å². The number of nitrogens with one attached hydrogen (secondary N) is 1. The second kappa shape index (κ2) is 10.8. The normalized spacial score (nSPS) is 26.7. The van der Waals surface area contributed by atoms with Gasteiger partial charge in [0, 0.05) is 42.4 Å². The number of aromatic nitrogens is 3. The fourth-order valence-electron chi connectivity index (χ4n) is 9.05. The molecule has 0 spiro atoms. The number of piperazine rings is 1. The lowest BCUT2D eigenvalue weighted by Crippen LogP contribution is -2.58. The molecule has 0 aliphatic carbocycles. The van der Waals surface area contributed by atoms with E-state index in [0.717, 1.165) is 25.3 Å². The van der Waals surface area contributed by atoms with Crippen LogP contribution in [0.1, 0.15) is 60.8 Å². The first-order valence-electron chi connectivity index (χ1n) is 16.3.